The fraction of sp³-hybridized carbons (Fsp3) is 0.333. The van der Waals surface area contributed by atoms with E-state index in [0.717, 1.165) is 0 Å². The lowest BCUT2D eigenvalue weighted by Crippen LogP contribution is -2.24. The number of amides is 2. The first kappa shape index (κ1) is 12.2. The van der Waals surface area contributed by atoms with Crippen LogP contribution in [0.15, 0.2) is 18.2 Å². The molecule has 0 saturated carbocycles. The van der Waals surface area contributed by atoms with E-state index in [9.17, 15) is 9.59 Å². The van der Waals surface area contributed by atoms with E-state index >= 15 is 0 Å². The van der Waals surface area contributed by atoms with Gasteiger partial charge in [-0.2, -0.15) is 0 Å². The quantitative estimate of drug-likeness (QED) is 0.674. The molecule has 0 radical (unpaired) electrons. The number of hydrogen-bond acceptors (Lipinski definition) is 4. The number of nitrogen functional groups attached to an aromatic ring is 1. The molecule has 1 unspecified atom stereocenters. The molecular formula is C12H15N3O3. The van der Waals surface area contributed by atoms with Crippen LogP contribution in [-0.2, 0) is 9.59 Å². The number of hydrogen-bond donors (Lipinski definition) is 3. The second-order valence-electron chi connectivity index (χ2n) is 4.15. The van der Waals surface area contributed by atoms with Crippen molar-refractivity contribution in [2.24, 2.45) is 5.92 Å². The Labute approximate surface area is 104 Å². The number of benzene rings is 1. The van der Waals surface area contributed by atoms with Gasteiger partial charge >= 0.3 is 0 Å². The molecule has 4 N–H and O–H groups in total. The van der Waals surface area contributed by atoms with Crippen LogP contribution in [0, 0.1) is 5.92 Å². The number of rotatable bonds is 3. The van der Waals surface area contributed by atoms with Gasteiger partial charge in [-0.25, -0.2) is 0 Å². The van der Waals surface area contributed by atoms with Crippen LogP contribution in [0.2, 0.25) is 0 Å². The van der Waals surface area contributed by atoms with Gasteiger partial charge in [-0.05, 0) is 12.1 Å². The molecule has 1 aromatic rings. The summed E-state index contributed by atoms with van der Waals surface area (Å²) in [5.41, 5.74) is 6.79. The molecule has 1 aliphatic heterocycles. The standard InChI is InChI=1S/C12H15N3O3/c1-18-10-5-8(2-3-9(10)13)15-12(17)7-4-11(16)14-6-7/h2-3,5,7H,4,6,13H2,1H3,(H,14,16)(H,15,17). The van der Waals surface area contributed by atoms with Gasteiger partial charge in [0.2, 0.25) is 11.8 Å². The smallest absolute Gasteiger partial charge is 0.229 e. The number of methoxy groups -OCH3 is 1. The lowest BCUT2D eigenvalue weighted by atomic mass is 10.1. The van der Waals surface area contributed by atoms with Crippen LogP contribution in [0.5, 0.6) is 5.75 Å². The Morgan fingerprint density at radius 2 is 2.33 bits per heavy atom. The summed E-state index contributed by atoms with van der Waals surface area (Å²) >= 11 is 0. The van der Waals surface area contributed by atoms with Gasteiger partial charge in [0.15, 0.2) is 0 Å². The van der Waals surface area contributed by atoms with E-state index in [0.29, 0.717) is 23.7 Å². The van der Waals surface area contributed by atoms with E-state index in [4.69, 9.17) is 10.5 Å². The van der Waals surface area contributed by atoms with Crippen LogP contribution < -0.4 is 21.1 Å². The van der Waals surface area contributed by atoms with Crippen molar-refractivity contribution in [3.8, 4) is 5.75 Å². The lowest BCUT2D eigenvalue weighted by Gasteiger charge is -2.11. The van der Waals surface area contributed by atoms with Gasteiger partial charge in [-0.3, -0.25) is 9.59 Å². The van der Waals surface area contributed by atoms with Crippen molar-refractivity contribution < 1.29 is 14.3 Å². The van der Waals surface area contributed by atoms with Crippen LogP contribution in [0.25, 0.3) is 0 Å². The molecule has 2 amide bonds. The van der Waals surface area contributed by atoms with Gasteiger partial charge in [0.05, 0.1) is 18.7 Å². The van der Waals surface area contributed by atoms with Crippen molar-refractivity contribution in [1.82, 2.24) is 5.32 Å². The van der Waals surface area contributed by atoms with Crippen molar-refractivity contribution >= 4 is 23.2 Å². The number of carbonyl (C=O) groups is 2. The number of anilines is 2. The van der Waals surface area contributed by atoms with Crippen molar-refractivity contribution in [1.29, 1.82) is 0 Å². The van der Waals surface area contributed by atoms with Gasteiger partial charge < -0.3 is 21.1 Å². The maximum atomic E-state index is 11.9. The molecule has 2 rings (SSSR count). The highest BCUT2D eigenvalue weighted by atomic mass is 16.5. The Kier molecular flexibility index (Phi) is 3.36. The molecule has 1 atom stereocenters. The summed E-state index contributed by atoms with van der Waals surface area (Å²) in [6, 6.07) is 5.00. The van der Waals surface area contributed by atoms with Crippen LogP contribution in [0.3, 0.4) is 0 Å². The summed E-state index contributed by atoms with van der Waals surface area (Å²) in [7, 11) is 1.51. The molecule has 6 heteroatoms. The van der Waals surface area contributed by atoms with E-state index in [-0.39, 0.29) is 24.2 Å². The SMILES string of the molecule is COc1cc(NC(=O)C2CNC(=O)C2)ccc1N. The summed E-state index contributed by atoms with van der Waals surface area (Å²) in [6.07, 6.45) is 0.234. The second-order valence-corrected chi connectivity index (χ2v) is 4.15. The van der Waals surface area contributed by atoms with Gasteiger partial charge in [0, 0.05) is 24.7 Å². The predicted octanol–water partition coefficient (Wildman–Crippen LogP) is 0.352. The first-order valence-electron chi connectivity index (χ1n) is 5.61. The first-order chi connectivity index (χ1) is 8.60. The highest BCUT2D eigenvalue weighted by Gasteiger charge is 2.27. The Bertz CT molecular complexity index is 487. The van der Waals surface area contributed by atoms with Gasteiger partial charge in [0.25, 0.3) is 0 Å². The van der Waals surface area contributed by atoms with Crippen molar-refractivity contribution in [3.63, 3.8) is 0 Å². The Hall–Kier alpha value is -2.24. The molecular weight excluding hydrogens is 234 g/mol. The molecule has 96 valence electrons. The topological polar surface area (TPSA) is 93.5 Å². The van der Waals surface area contributed by atoms with Gasteiger partial charge in [-0.1, -0.05) is 0 Å². The monoisotopic (exact) mass is 249 g/mol. The number of ether oxygens (including phenoxy) is 1. The minimum absolute atomic E-state index is 0.0926. The second kappa shape index (κ2) is 4.95. The summed E-state index contributed by atoms with van der Waals surface area (Å²) in [5.74, 6) is -0.0836. The Morgan fingerprint density at radius 1 is 1.56 bits per heavy atom. The van der Waals surface area contributed by atoms with E-state index in [2.05, 4.69) is 10.6 Å². The third kappa shape index (κ3) is 2.53. The third-order valence-electron chi connectivity index (χ3n) is 2.85. The Morgan fingerprint density at radius 3 is 2.94 bits per heavy atom. The number of nitrogens with two attached hydrogens (primary N) is 1. The molecule has 18 heavy (non-hydrogen) atoms. The normalized spacial score (nSPS) is 18.3. The number of nitrogens with one attached hydrogen (secondary N) is 2. The van der Waals surface area contributed by atoms with Crippen molar-refractivity contribution in [2.75, 3.05) is 24.7 Å². The average Bonchev–Trinajstić information content (AvgIpc) is 2.78. The molecule has 1 fully saturated rings. The zero-order chi connectivity index (χ0) is 13.1. The molecule has 0 bridgehead atoms. The zero-order valence-electron chi connectivity index (χ0n) is 10.0. The van der Waals surface area contributed by atoms with Crippen molar-refractivity contribution in [2.45, 2.75) is 6.42 Å². The van der Waals surface area contributed by atoms with E-state index in [1.165, 1.54) is 7.11 Å². The highest BCUT2D eigenvalue weighted by Crippen LogP contribution is 2.25. The molecule has 1 heterocycles. The fourth-order valence-electron chi connectivity index (χ4n) is 1.82. The molecule has 6 nitrogen and oxygen atoms in total. The maximum Gasteiger partial charge on any atom is 0.229 e. The van der Waals surface area contributed by atoms with Crippen LogP contribution in [0.1, 0.15) is 6.42 Å². The van der Waals surface area contributed by atoms with Gasteiger partial charge in [0.1, 0.15) is 5.75 Å². The van der Waals surface area contributed by atoms with E-state index in [1.807, 2.05) is 0 Å². The summed E-state index contributed by atoms with van der Waals surface area (Å²) in [6.45, 7) is 0.386. The molecule has 0 spiro atoms. The van der Waals surface area contributed by atoms with Gasteiger partial charge in [-0.15, -0.1) is 0 Å². The largest absolute Gasteiger partial charge is 0.495 e. The third-order valence-corrected chi connectivity index (χ3v) is 2.85. The fourth-order valence-corrected chi connectivity index (χ4v) is 1.82. The minimum Gasteiger partial charge on any atom is -0.495 e. The average molecular weight is 249 g/mol. The van der Waals surface area contributed by atoms with Crippen LogP contribution in [-0.4, -0.2) is 25.5 Å². The molecule has 0 aliphatic carbocycles. The summed E-state index contributed by atoms with van der Waals surface area (Å²) in [5, 5.41) is 5.36. The van der Waals surface area contributed by atoms with E-state index < -0.39 is 0 Å². The Balaban J connectivity index is 2.05. The van der Waals surface area contributed by atoms with E-state index in [1.54, 1.807) is 18.2 Å². The first-order valence-corrected chi connectivity index (χ1v) is 5.61. The molecule has 1 aliphatic rings. The maximum absolute atomic E-state index is 11.9. The summed E-state index contributed by atoms with van der Waals surface area (Å²) in [4.78, 5) is 22.9. The van der Waals surface area contributed by atoms with Crippen LogP contribution in [0.4, 0.5) is 11.4 Å². The number of carbonyl (C=O) groups excluding carboxylic acids is 2. The summed E-state index contributed by atoms with van der Waals surface area (Å²) < 4.78 is 5.07. The predicted molar refractivity (Wildman–Crippen MR) is 67.2 cm³/mol. The minimum atomic E-state index is -0.318. The molecule has 1 aromatic carbocycles. The van der Waals surface area contributed by atoms with Crippen molar-refractivity contribution in [3.05, 3.63) is 18.2 Å². The lowest BCUT2D eigenvalue weighted by molar-refractivity contribution is -0.123. The zero-order valence-corrected chi connectivity index (χ0v) is 10.0. The van der Waals surface area contributed by atoms with Crippen LogP contribution >= 0.6 is 0 Å². The highest BCUT2D eigenvalue weighted by molar-refractivity contribution is 5.97. The molecule has 1 saturated heterocycles. The molecule has 0 aromatic heterocycles.